The number of hydrogen-bond donors (Lipinski definition) is 1. The van der Waals surface area contributed by atoms with Gasteiger partial charge >= 0.3 is 5.97 Å². The molecule has 1 amide bonds. The lowest BCUT2D eigenvalue weighted by Crippen LogP contribution is -2.52. The van der Waals surface area contributed by atoms with E-state index in [1.54, 1.807) is 24.3 Å². The monoisotopic (exact) mass is 307 g/mol. The molecule has 6 heteroatoms. The number of ether oxygens (including phenoxy) is 2. The first kappa shape index (κ1) is 16.3. The molecule has 1 aromatic carbocycles. The highest BCUT2D eigenvalue weighted by molar-refractivity contribution is 5.96. The summed E-state index contributed by atoms with van der Waals surface area (Å²) in [5.74, 6) is -0.232. The number of benzene rings is 1. The zero-order chi connectivity index (χ0) is 16.1. The maximum Gasteiger partial charge on any atom is 0.328 e. The van der Waals surface area contributed by atoms with Crippen LogP contribution in [0.5, 0.6) is 5.75 Å². The second-order valence-electron chi connectivity index (χ2n) is 5.66. The van der Waals surface area contributed by atoms with Gasteiger partial charge in [-0.2, -0.15) is 0 Å². The average Bonchev–Trinajstić information content (AvgIpc) is 2.52. The Morgan fingerprint density at radius 2 is 2.05 bits per heavy atom. The highest BCUT2D eigenvalue weighted by Crippen LogP contribution is 2.17. The van der Waals surface area contributed by atoms with Gasteiger partial charge in [0.2, 0.25) is 0 Å². The Balaban J connectivity index is 2.06. The van der Waals surface area contributed by atoms with Crippen LogP contribution in [0, 0.1) is 5.92 Å². The smallest absolute Gasteiger partial charge is 0.328 e. The number of aliphatic carboxylic acids is 1. The van der Waals surface area contributed by atoms with Crippen LogP contribution >= 0.6 is 0 Å². The predicted molar refractivity (Wildman–Crippen MR) is 80.1 cm³/mol. The minimum atomic E-state index is -1.05. The molecule has 1 atom stereocenters. The van der Waals surface area contributed by atoms with Gasteiger partial charge in [-0.05, 0) is 30.2 Å². The molecule has 1 aliphatic rings. The Labute approximate surface area is 129 Å². The molecular weight excluding hydrogens is 286 g/mol. The van der Waals surface area contributed by atoms with Crippen molar-refractivity contribution in [1.82, 2.24) is 4.90 Å². The summed E-state index contributed by atoms with van der Waals surface area (Å²) in [6.45, 7) is 5.38. The van der Waals surface area contributed by atoms with Gasteiger partial charge in [0.15, 0.2) is 6.04 Å². The average molecular weight is 307 g/mol. The Morgan fingerprint density at radius 1 is 1.36 bits per heavy atom. The molecule has 1 aromatic rings. The SMILES string of the molecule is CC(C)COc1ccc(C(=O)N2CCOCC2C(=O)O)cc1. The fourth-order valence-corrected chi connectivity index (χ4v) is 2.17. The van der Waals surface area contributed by atoms with E-state index in [4.69, 9.17) is 9.47 Å². The third kappa shape index (κ3) is 3.98. The molecule has 0 saturated carbocycles. The number of rotatable bonds is 5. The van der Waals surface area contributed by atoms with Crippen LogP contribution in [-0.4, -0.2) is 54.3 Å². The van der Waals surface area contributed by atoms with Crippen molar-refractivity contribution in [1.29, 1.82) is 0 Å². The lowest BCUT2D eigenvalue weighted by molar-refractivity contribution is -0.147. The van der Waals surface area contributed by atoms with Crippen LogP contribution in [-0.2, 0) is 9.53 Å². The van der Waals surface area contributed by atoms with Crippen molar-refractivity contribution >= 4 is 11.9 Å². The lowest BCUT2D eigenvalue weighted by Gasteiger charge is -2.32. The largest absolute Gasteiger partial charge is 0.493 e. The molecule has 1 unspecified atom stereocenters. The maximum absolute atomic E-state index is 12.5. The summed E-state index contributed by atoms with van der Waals surface area (Å²) in [5, 5.41) is 9.18. The number of carbonyl (C=O) groups is 2. The fourth-order valence-electron chi connectivity index (χ4n) is 2.17. The summed E-state index contributed by atoms with van der Waals surface area (Å²) < 4.78 is 10.7. The minimum Gasteiger partial charge on any atom is -0.493 e. The first-order valence-electron chi connectivity index (χ1n) is 7.33. The molecule has 22 heavy (non-hydrogen) atoms. The number of nitrogens with zero attached hydrogens (tertiary/aromatic N) is 1. The second kappa shape index (κ2) is 7.26. The van der Waals surface area contributed by atoms with E-state index in [2.05, 4.69) is 13.8 Å². The van der Waals surface area contributed by atoms with Crippen LogP contribution in [0.2, 0.25) is 0 Å². The van der Waals surface area contributed by atoms with E-state index >= 15 is 0 Å². The molecule has 6 nitrogen and oxygen atoms in total. The fraction of sp³-hybridized carbons (Fsp3) is 0.500. The zero-order valence-corrected chi connectivity index (χ0v) is 12.8. The summed E-state index contributed by atoms with van der Waals surface area (Å²) in [7, 11) is 0. The van der Waals surface area contributed by atoms with Crippen molar-refractivity contribution in [2.45, 2.75) is 19.9 Å². The van der Waals surface area contributed by atoms with E-state index in [1.807, 2.05) is 0 Å². The normalized spacial score (nSPS) is 18.3. The van der Waals surface area contributed by atoms with Crippen LogP contribution < -0.4 is 4.74 Å². The summed E-state index contributed by atoms with van der Waals surface area (Å²) in [5.41, 5.74) is 0.449. The lowest BCUT2D eigenvalue weighted by atomic mass is 10.1. The second-order valence-corrected chi connectivity index (χ2v) is 5.66. The van der Waals surface area contributed by atoms with Crippen LogP contribution in [0.25, 0.3) is 0 Å². The third-order valence-electron chi connectivity index (χ3n) is 3.36. The first-order chi connectivity index (χ1) is 10.5. The molecule has 1 N–H and O–H groups in total. The molecule has 1 aliphatic heterocycles. The quantitative estimate of drug-likeness (QED) is 0.895. The van der Waals surface area contributed by atoms with Gasteiger partial charge in [0, 0.05) is 12.1 Å². The van der Waals surface area contributed by atoms with E-state index in [9.17, 15) is 14.7 Å². The molecule has 0 spiro atoms. The standard InChI is InChI=1S/C16H21NO5/c1-11(2)9-22-13-5-3-12(4-6-13)15(18)17-7-8-21-10-14(17)16(19)20/h3-6,11,14H,7-10H2,1-2H3,(H,19,20). The van der Waals surface area contributed by atoms with Gasteiger partial charge in [-0.25, -0.2) is 4.79 Å². The highest BCUT2D eigenvalue weighted by atomic mass is 16.5. The topological polar surface area (TPSA) is 76.1 Å². The number of carboxylic acids is 1. The van der Waals surface area contributed by atoms with E-state index in [0.29, 0.717) is 30.4 Å². The number of amides is 1. The zero-order valence-electron chi connectivity index (χ0n) is 12.8. The molecular formula is C16H21NO5. The van der Waals surface area contributed by atoms with E-state index in [0.717, 1.165) is 0 Å². The van der Waals surface area contributed by atoms with Crippen molar-refractivity contribution in [3.8, 4) is 5.75 Å². The summed E-state index contributed by atoms with van der Waals surface area (Å²) >= 11 is 0. The van der Waals surface area contributed by atoms with Gasteiger partial charge in [0.1, 0.15) is 5.75 Å². The Morgan fingerprint density at radius 3 is 2.64 bits per heavy atom. The summed E-state index contributed by atoms with van der Waals surface area (Å²) in [6, 6.07) is 5.84. The Hall–Kier alpha value is -2.08. The third-order valence-corrected chi connectivity index (χ3v) is 3.36. The van der Waals surface area contributed by atoms with Crippen molar-refractivity contribution in [2.24, 2.45) is 5.92 Å². The van der Waals surface area contributed by atoms with E-state index in [-0.39, 0.29) is 19.1 Å². The molecule has 0 bridgehead atoms. The number of morpholine rings is 1. The Kier molecular flexibility index (Phi) is 5.38. The molecule has 1 saturated heterocycles. The predicted octanol–water partition coefficient (Wildman–Crippen LogP) is 1.65. The summed E-state index contributed by atoms with van der Waals surface area (Å²) in [4.78, 5) is 25.0. The Bertz CT molecular complexity index is 526. The van der Waals surface area contributed by atoms with Gasteiger partial charge in [-0.15, -0.1) is 0 Å². The molecule has 1 heterocycles. The maximum atomic E-state index is 12.5. The van der Waals surface area contributed by atoms with Gasteiger partial charge < -0.3 is 19.5 Å². The van der Waals surface area contributed by atoms with Crippen molar-refractivity contribution in [2.75, 3.05) is 26.4 Å². The number of carboxylic acid groups (broad SMARTS) is 1. The van der Waals surface area contributed by atoms with Gasteiger partial charge in [0.25, 0.3) is 5.91 Å². The molecule has 0 aromatic heterocycles. The van der Waals surface area contributed by atoms with Gasteiger partial charge in [0.05, 0.1) is 19.8 Å². The number of carbonyl (C=O) groups excluding carboxylic acids is 1. The minimum absolute atomic E-state index is 0.0245. The van der Waals surface area contributed by atoms with Crippen molar-refractivity contribution in [3.63, 3.8) is 0 Å². The molecule has 2 rings (SSSR count). The first-order valence-corrected chi connectivity index (χ1v) is 7.33. The van der Waals surface area contributed by atoms with Crippen molar-refractivity contribution < 1.29 is 24.2 Å². The van der Waals surface area contributed by atoms with Crippen LogP contribution in [0.3, 0.4) is 0 Å². The molecule has 1 fully saturated rings. The highest BCUT2D eigenvalue weighted by Gasteiger charge is 2.33. The van der Waals surface area contributed by atoms with Gasteiger partial charge in [-0.1, -0.05) is 13.8 Å². The number of hydrogen-bond acceptors (Lipinski definition) is 4. The summed E-state index contributed by atoms with van der Waals surface area (Å²) in [6.07, 6.45) is 0. The van der Waals surface area contributed by atoms with E-state index < -0.39 is 12.0 Å². The van der Waals surface area contributed by atoms with Crippen LogP contribution in [0.4, 0.5) is 0 Å². The van der Waals surface area contributed by atoms with Crippen LogP contribution in [0.15, 0.2) is 24.3 Å². The van der Waals surface area contributed by atoms with Crippen molar-refractivity contribution in [3.05, 3.63) is 29.8 Å². The molecule has 120 valence electrons. The van der Waals surface area contributed by atoms with Gasteiger partial charge in [-0.3, -0.25) is 4.79 Å². The molecule has 0 radical (unpaired) electrons. The van der Waals surface area contributed by atoms with Crippen LogP contribution in [0.1, 0.15) is 24.2 Å². The van der Waals surface area contributed by atoms with E-state index in [1.165, 1.54) is 4.90 Å². The molecule has 0 aliphatic carbocycles.